The molecule has 7 heteroatoms. The molecule has 0 saturated heterocycles. The predicted molar refractivity (Wildman–Crippen MR) is 84.2 cm³/mol. The molecule has 0 saturated carbocycles. The van der Waals surface area contributed by atoms with Crippen LogP contribution in [0.15, 0.2) is 54.6 Å². The molecule has 0 fully saturated rings. The van der Waals surface area contributed by atoms with E-state index in [2.05, 4.69) is 5.32 Å². The van der Waals surface area contributed by atoms with Crippen molar-refractivity contribution in [3.8, 4) is 0 Å². The summed E-state index contributed by atoms with van der Waals surface area (Å²) in [4.78, 5) is 32.7. The number of nitro groups is 1. The SMILES string of the molecule is O=C(/C=C/c1ccc([N+](=O)[O-])cc1)Nc1cccc(C(=O)O)c1. The van der Waals surface area contributed by atoms with Gasteiger partial charge >= 0.3 is 5.97 Å². The lowest BCUT2D eigenvalue weighted by Gasteiger charge is -2.03. The summed E-state index contributed by atoms with van der Waals surface area (Å²) in [7, 11) is 0. The van der Waals surface area contributed by atoms with E-state index in [1.54, 1.807) is 6.07 Å². The number of nitro benzene ring substituents is 1. The highest BCUT2D eigenvalue weighted by Crippen LogP contribution is 2.13. The average molecular weight is 312 g/mol. The van der Waals surface area contributed by atoms with Gasteiger partial charge in [0.05, 0.1) is 10.5 Å². The lowest BCUT2D eigenvalue weighted by Crippen LogP contribution is -2.08. The summed E-state index contributed by atoms with van der Waals surface area (Å²) in [6.45, 7) is 0. The lowest BCUT2D eigenvalue weighted by atomic mass is 10.2. The van der Waals surface area contributed by atoms with E-state index in [1.165, 1.54) is 54.6 Å². The molecule has 0 atom stereocenters. The molecule has 7 nitrogen and oxygen atoms in total. The third kappa shape index (κ3) is 4.50. The quantitative estimate of drug-likeness (QED) is 0.501. The molecule has 2 aromatic rings. The number of benzene rings is 2. The first-order chi connectivity index (χ1) is 11.0. The molecule has 0 aromatic heterocycles. The van der Waals surface area contributed by atoms with Crippen molar-refractivity contribution in [2.75, 3.05) is 5.32 Å². The van der Waals surface area contributed by atoms with E-state index >= 15 is 0 Å². The number of anilines is 1. The third-order valence-corrected chi connectivity index (χ3v) is 2.91. The second-order valence-corrected chi connectivity index (χ2v) is 4.56. The Morgan fingerprint density at radius 3 is 2.43 bits per heavy atom. The first kappa shape index (κ1) is 15.9. The van der Waals surface area contributed by atoms with Gasteiger partial charge in [-0.1, -0.05) is 6.07 Å². The van der Waals surface area contributed by atoms with Crippen LogP contribution in [0.3, 0.4) is 0 Å². The number of amides is 1. The van der Waals surface area contributed by atoms with E-state index < -0.39 is 16.8 Å². The number of rotatable bonds is 5. The summed E-state index contributed by atoms with van der Waals surface area (Å²) < 4.78 is 0. The zero-order valence-corrected chi connectivity index (χ0v) is 11.8. The van der Waals surface area contributed by atoms with Gasteiger partial charge in [-0.25, -0.2) is 4.79 Å². The van der Waals surface area contributed by atoms with Crippen molar-refractivity contribution in [3.05, 3.63) is 75.8 Å². The van der Waals surface area contributed by atoms with Gasteiger partial charge in [-0.05, 0) is 42.0 Å². The van der Waals surface area contributed by atoms with Crippen molar-refractivity contribution >= 4 is 29.3 Å². The average Bonchev–Trinajstić information content (AvgIpc) is 2.53. The molecule has 1 amide bonds. The van der Waals surface area contributed by atoms with Crippen LogP contribution in [0.5, 0.6) is 0 Å². The molecule has 0 spiro atoms. The second-order valence-electron chi connectivity index (χ2n) is 4.56. The van der Waals surface area contributed by atoms with Crippen LogP contribution in [0.1, 0.15) is 15.9 Å². The largest absolute Gasteiger partial charge is 0.478 e. The van der Waals surface area contributed by atoms with Crippen LogP contribution in [0.4, 0.5) is 11.4 Å². The number of carbonyl (C=O) groups excluding carboxylic acids is 1. The Morgan fingerprint density at radius 2 is 1.83 bits per heavy atom. The fourth-order valence-corrected chi connectivity index (χ4v) is 1.79. The Morgan fingerprint density at radius 1 is 1.13 bits per heavy atom. The van der Waals surface area contributed by atoms with Gasteiger partial charge in [-0.3, -0.25) is 14.9 Å². The maximum Gasteiger partial charge on any atom is 0.335 e. The summed E-state index contributed by atoms with van der Waals surface area (Å²) in [5, 5.41) is 22.0. The molecule has 0 radical (unpaired) electrons. The highest BCUT2D eigenvalue weighted by atomic mass is 16.6. The summed E-state index contributed by atoms with van der Waals surface area (Å²) in [5.74, 6) is -1.52. The monoisotopic (exact) mass is 312 g/mol. The Labute approximate surface area is 131 Å². The van der Waals surface area contributed by atoms with Gasteiger partial charge < -0.3 is 10.4 Å². The van der Waals surface area contributed by atoms with Crippen molar-refractivity contribution < 1.29 is 19.6 Å². The fourth-order valence-electron chi connectivity index (χ4n) is 1.79. The van der Waals surface area contributed by atoms with Crippen LogP contribution in [-0.2, 0) is 4.79 Å². The molecule has 2 N–H and O–H groups in total. The molecule has 116 valence electrons. The maximum atomic E-state index is 11.8. The van der Waals surface area contributed by atoms with E-state index in [4.69, 9.17) is 5.11 Å². The minimum absolute atomic E-state index is 0.0305. The van der Waals surface area contributed by atoms with E-state index in [-0.39, 0.29) is 11.3 Å². The Hall–Kier alpha value is -3.48. The third-order valence-electron chi connectivity index (χ3n) is 2.91. The van der Waals surface area contributed by atoms with E-state index in [0.29, 0.717) is 11.3 Å². The van der Waals surface area contributed by atoms with E-state index in [9.17, 15) is 19.7 Å². The fraction of sp³-hybridized carbons (Fsp3) is 0. The summed E-state index contributed by atoms with van der Waals surface area (Å²) in [6, 6.07) is 11.6. The number of hydrogen-bond acceptors (Lipinski definition) is 4. The van der Waals surface area contributed by atoms with Crippen molar-refractivity contribution in [1.82, 2.24) is 0 Å². The predicted octanol–water partition coefficient (Wildman–Crippen LogP) is 2.94. The Kier molecular flexibility index (Phi) is 4.83. The van der Waals surface area contributed by atoms with Gasteiger partial charge in [-0.2, -0.15) is 0 Å². The normalized spacial score (nSPS) is 10.4. The molecular formula is C16H12N2O5. The first-order valence-electron chi connectivity index (χ1n) is 6.52. The number of non-ortho nitro benzene ring substituents is 1. The molecule has 0 bridgehead atoms. The number of aromatic carboxylic acids is 1. The Bertz CT molecular complexity index is 781. The number of hydrogen-bond donors (Lipinski definition) is 2. The molecule has 0 aliphatic rings. The lowest BCUT2D eigenvalue weighted by molar-refractivity contribution is -0.384. The molecule has 23 heavy (non-hydrogen) atoms. The van der Waals surface area contributed by atoms with Gasteiger partial charge in [-0.15, -0.1) is 0 Å². The van der Waals surface area contributed by atoms with Crippen LogP contribution in [0.2, 0.25) is 0 Å². The van der Waals surface area contributed by atoms with Gasteiger partial charge in [0.2, 0.25) is 5.91 Å². The smallest absolute Gasteiger partial charge is 0.335 e. The molecule has 0 heterocycles. The molecule has 0 aliphatic heterocycles. The zero-order valence-electron chi connectivity index (χ0n) is 11.8. The summed E-state index contributed by atoms with van der Waals surface area (Å²) in [5.41, 5.74) is 1.03. The zero-order chi connectivity index (χ0) is 16.8. The van der Waals surface area contributed by atoms with E-state index in [0.717, 1.165) is 0 Å². The highest BCUT2D eigenvalue weighted by Gasteiger charge is 2.05. The van der Waals surface area contributed by atoms with Crippen LogP contribution < -0.4 is 5.32 Å². The van der Waals surface area contributed by atoms with Crippen molar-refractivity contribution in [2.24, 2.45) is 0 Å². The Balaban J connectivity index is 2.02. The van der Waals surface area contributed by atoms with Crippen molar-refractivity contribution in [1.29, 1.82) is 0 Å². The standard InChI is InChI=1S/C16H12N2O5/c19-15(17-13-3-1-2-12(10-13)16(20)21)9-6-11-4-7-14(8-5-11)18(22)23/h1-10H,(H,17,19)(H,20,21)/b9-6+. The van der Waals surface area contributed by atoms with Gasteiger partial charge in [0.15, 0.2) is 0 Å². The summed E-state index contributed by atoms with van der Waals surface area (Å²) >= 11 is 0. The van der Waals surface area contributed by atoms with Crippen molar-refractivity contribution in [3.63, 3.8) is 0 Å². The highest BCUT2D eigenvalue weighted by molar-refractivity contribution is 6.02. The minimum atomic E-state index is -1.08. The van der Waals surface area contributed by atoms with Crippen molar-refractivity contribution in [2.45, 2.75) is 0 Å². The van der Waals surface area contributed by atoms with Crippen LogP contribution in [-0.4, -0.2) is 21.9 Å². The van der Waals surface area contributed by atoms with Gasteiger partial charge in [0, 0.05) is 23.9 Å². The maximum absolute atomic E-state index is 11.8. The number of carboxylic acids is 1. The first-order valence-corrected chi connectivity index (χ1v) is 6.52. The number of carbonyl (C=O) groups is 2. The molecular weight excluding hydrogens is 300 g/mol. The molecule has 0 aliphatic carbocycles. The molecule has 0 unspecified atom stereocenters. The second kappa shape index (κ2) is 6.99. The number of carboxylic acid groups (broad SMARTS) is 1. The molecule has 2 aromatic carbocycles. The number of nitrogens with zero attached hydrogens (tertiary/aromatic N) is 1. The number of nitrogens with one attached hydrogen (secondary N) is 1. The van der Waals surface area contributed by atoms with Crippen LogP contribution in [0, 0.1) is 10.1 Å². The summed E-state index contributed by atoms with van der Waals surface area (Å²) in [6.07, 6.45) is 2.76. The van der Waals surface area contributed by atoms with Gasteiger partial charge in [0.25, 0.3) is 5.69 Å². The molecule has 2 rings (SSSR count). The van der Waals surface area contributed by atoms with E-state index in [1.807, 2.05) is 0 Å². The van der Waals surface area contributed by atoms with Crippen LogP contribution >= 0.6 is 0 Å². The van der Waals surface area contributed by atoms with Gasteiger partial charge in [0.1, 0.15) is 0 Å². The van der Waals surface area contributed by atoms with Crippen LogP contribution in [0.25, 0.3) is 6.08 Å². The topological polar surface area (TPSA) is 110 Å². The minimum Gasteiger partial charge on any atom is -0.478 e.